The molecular weight excluding hydrogens is 456 g/mol. The molecule has 2 fully saturated rings. The maximum Gasteiger partial charge on any atom is 0.0441 e. The van der Waals surface area contributed by atoms with E-state index in [0.717, 1.165) is 30.0 Å². The predicted octanol–water partition coefficient (Wildman–Crippen LogP) is 7.54. The number of fused-ring (bicyclic) bond motifs is 5. The molecule has 3 aliphatic carbocycles. The lowest BCUT2D eigenvalue weighted by Crippen LogP contribution is -2.51. The molecule has 1 spiro atoms. The Morgan fingerprint density at radius 2 is 1.94 bits per heavy atom. The SMILES string of the molecule is C=C1NSC2CC(/C=C/C(C)C3CCC3CN3CC4(CCCc5ccccc54)Cc4ccc1cc43)C2. The van der Waals surface area contributed by atoms with Crippen LogP contribution in [0.15, 0.2) is 61.2 Å². The number of nitrogens with zero attached hydrogens (tertiary/aromatic N) is 1. The molecule has 8 rings (SSSR count). The molecule has 36 heavy (non-hydrogen) atoms. The molecule has 3 heteroatoms. The minimum atomic E-state index is 0.251. The number of anilines is 1. The van der Waals surface area contributed by atoms with Crippen molar-refractivity contribution in [3.63, 3.8) is 0 Å². The highest BCUT2D eigenvalue weighted by Crippen LogP contribution is 2.49. The normalized spacial score (nSPS) is 36.1. The number of hydrogen-bond acceptors (Lipinski definition) is 3. The van der Waals surface area contributed by atoms with E-state index in [2.05, 4.69) is 77.7 Å². The highest BCUT2D eigenvalue weighted by atomic mass is 32.2. The smallest absolute Gasteiger partial charge is 0.0441 e. The zero-order valence-electron chi connectivity index (χ0n) is 21.7. The van der Waals surface area contributed by atoms with E-state index in [0.29, 0.717) is 11.2 Å². The summed E-state index contributed by atoms with van der Waals surface area (Å²) < 4.78 is 3.62. The van der Waals surface area contributed by atoms with Crippen LogP contribution >= 0.6 is 11.9 Å². The Morgan fingerprint density at radius 1 is 1.06 bits per heavy atom. The van der Waals surface area contributed by atoms with Crippen molar-refractivity contribution in [2.45, 2.75) is 69.0 Å². The highest BCUT2D eigenvalue weighted by molar-refractivity contribution is 7.98. The van der Waals surface area contributed by atoms with Crippen molar-refractivity contribution in [3.8, 4) is 0 Å². The minimum absolute atomic E-state index is 0.251. The van der Waals surface area contributed by atoms with Crippen LogP contribution in [0.3, 0.4) is 0 Å². The van der Waals surface area contributed by atoms with Crippen LogP contribution in [0.5, 0.6) is 0 Å². The Labute approximate surface area is 221 Å². The first kappa shape index (κ1) is 23.0. The van der Waals surface area contributed by atoms with Gasteiger partial charge in [-0.1, -0.05) is 62.1 Å². The molecule has 0 saturated heterocycles. The standard InChI is InChI=1S/C33H40N2S/c1-22-9-10-24-16-29(17-24)36-34-23(2)26-11-12-27-19-33(15-5-7-25-6-3-4-8-31(25)33)21-35(32(27)18-26)20-28-13-14-30(22)28/h3-4,6,8-12,18,22,24,28-30,34H,2,5,7,13-17,19-21H2,1H3/b10-9+. The first-order valence-corrected chi connectivity index (χ1v) is 15.2. The molecule has 0 amide bonds. The molecule has 3 aliphatic heterocycles. The van der Waals surface area contributed by atoms with Crippen molar-refractivity contribution in [1.29, 1.82) is 0 Å². The molecular formula is C33H40N2S. The molecule has 2 nitrogen and oxygen atoms in total. The highest BCUT2D eigenvalue weighted by Gasteiger charge is 2.44. The monoisotopic (exact) mass is 496 g/mol. The number of aryl methyl sites for hydroxylation is 1. The van der Waals surface area contributed by atoms with Gasteiger partial charge in [0.1, 0.15) is 0 Å². The summed E-state index contributed by atoms with van der Waals surface area (Å²) in [5.74, 6) is 3.10. The van der Waals surface area contributed by atoms with Crippen LogP contribution in [0.1, 0.15) is 67.7 Å². The second-order valence-corrected chi connectivity index (χ2v) is 13.6. The molecule has 2 saturated carbocycles. The molecule has 0 aromatic heterocycles. The zero-order chi connectivity index (χ0) is 24.3. The van der Waals surface area contributed by atoms with E-state index in [4.69, 9.17) is 0 Å². The average Bonchev–Trinajstić information content (AvgIpc) is 2.84. The molecule has 188 valence electrons. The van der Waals surface area contributed by atoms with E-state index in [1.54, 1.807) is 11.1 Å². The number of rotatable bonds is 0. The summed E-state index contributed by atoms with van der Waals surface area (Å²) in [5.41, 5.74) is 8.79. The Morgan fingerprint density at radius 3 is 2.81 bits per heavy atom. The van der Waals surface area contributed by atoms with Crippen LogP contribution in [0.2, 0.25) is 0 Å². The molecule has 4 unspecified atom stereocenters. The van der Waals surface area contributed by atoms with Crippen molar-refractivity contribution in [2.24, 2.45) is 23.7 Å². The maximum atomic E-state index is 4.44. The fourth-order valence-corrected chi connectivity index (χ4v) is 9.04. The first-order valence-electron chi connectivity index (χ1n) is 14.3. The Bertz CT molecular complexity index is 1190. The average molecular weight is 497 g/mol. The van der Waals surface area contributed by atoms with Gasteiger partial charge >= 0.3 is 0 Å². The predicted molar refractivity (Wildman–Crippen MR) is 154 cm³/mol. The van der Waals surface area contributed by atoms with Crippen molar-refractivity contribution in [3.05, 3.63) is 83.4 Å². The second kappa shape index (κ2) is 9.01. The number of hydrogen-bond donors (Lipinski definition) is 1. The van der Waals surface area contributed by atoms with Gasteiger partial charge in [0.2, 0.25) is 0 Å². The summed E-state index contributed by atoms with van der Waals surface area (Å²) in [4.78, 5) is 2.81. The van der Waals surface area contributed by atoms with Crippen LogP contribution in [0, 0.1) is 23.7 Å². The topological polar surface area (TPSA) is 15.3 Å². The van der Waals surface area contributed by atoms with Crippen LogP contribution in [0.25, 0.3) is 5.70 Å². The molecule has 4 bridgehead atoms. The quantitative estimate of drug-likeness (QED) is 0.299. The molecule has 6 aliphatic rings. The minimum Gasteiger partial charge on any atom is -0.370 e. The van der Waals surface area contributed by atoms with Gasteiger partial charge in [-0.2, -0.15) is 0 Å². The number of nitrogens with one attached hydrogen (secondary N) is 1. The lowest BCUT2D eigenvalue weighted by atomic mass is 9.63. The third-order valence-electron chi connectivity index (χ3n) is 10.3. The van der Waals surface area contributed by atoms with E-state index >= 15 is 0 Å². The first-order chi connectivity index (χ1) is 17.6. The molecule has 2 aromatic rings. The van der Waals surface area contributed by atoms with E-state index in [-0.39, 0.29) is 5.41 Å². The fraction of sp³-hybridized carbons (Fsp3) is 0.515. The van der Waals surface area contributed by atoms with Crippen molar-refractivity contribution in [1.82, 2.24) is 4.72 Å². The number of benzene rings is 2. The van der Waals surface area contributed by atoms with Gasteiger partial charge in [-0.15, -0.1) is 0 Å². The summed E-state index contributed by atoms with van der Waals surface area (Å²) in [7, 11) is 0. The Balaban J connectivity index is 1.27. The molecule has 4 atom stereocenters. The number of allylic oxidation sites excluding steroid dienone is 2. The molecule has 3 heterocycles. The summed E-state index contributed by atoms with van der Waals surface area (Å²) in [5, 5.41) is 0.705. The summed E-state index contributed by atoms with van der Waals surface area (Å²) >= 11 is 1.89. The van der Waals surface area contributed by atoms with Crippen molar-refractivity contribution in [2.75, 3.05) is 18.0 Å². The van der Waals surface area contributed by atoms with Crippen LogP contribution in [0.4, 0.5) is 5.69 Å². The van der Waals surface area contributed by atoms with Crippen LogP contribution in [-0.2, 0) is 18.3 Å². The maximum absolute atomic E-state index is 4.44. The van der Waals surface area contributed by atoms with Gasteiger partial charge in [0.15, 0.2) is 0 Å². The van der Waals surface area contributed by atoms with Crippen LogP contribution in [-0.4, -0.2) is 18.3 Å². The van der Waals surface area contributed by atoms with Gasteiger partial charge < -0.3 is 9.62 Å². The van der Waals surface area contributed by atoms with Gasteiger partial charge in [0, 0.05) is 35.1 Å². The van der Waals surface area contributed by atoms with Crippen molar-refractivity contribution < 1.29 is 0 Å². The summed E-state index contributed by atoms with van der Waals surface area (Å²) in [6.07, 6.45) is 15.5. The van der Waals surface area contributed by atoms with Crippen LogP contribution < -0.4 is 9.62 Å². The second-order valence-electron chi connectivity index (χ2n) is 12.5. The van der Waals surface area contributed by atoms with Crippen molar-refractivity contribution >= 4 is 23.3 Å². The van der Waals surface area contributed by atoms with Gasteiger partial charge in [0.05, 0.1) is 0 Å². The molecule has 2 aromatic carbocycles. The summed E-state index contributed by atoms with van der Waals surface area (Å²) in [6.45, 7) is 9.28. The zero-order valence-corrected chi connectivity index (χ0v) is 22.5. The lowest BCUT2D eigenvalue weighted by Gasteiger charge is -2.51. The van der Waals surface area contributed by atoms with E-state index < -0.39 is 0 Å². The Kier molecular flexibility index (Phi) is 5.76. The van der Waals surface area contributed by atoms with Gasteiger partial charge in [-0.25, -0.2) is 0 Å². The molecule has 0 radical (unpaired) electrons. The van der Waals surface area contributed by atoms with Gasteiger partial charge in [0.25, 0.3) is 0 Å². The van der Waals surface area contributed by atoms with E-state index in [1.165, 1.54) is 74.7 Å². The largest absolute Gasteiger partial charge is 0.370 e. The summed E-state index contributed by atoms with van der Waals surface area (Å²) in [6, 6.07) is 16.5. The Hall–Kier alpha value is -2.13. The third-order valence-corrected chi connectivity index (χ3v) is 11.3. The van der Waals surface area contributed by atoms with E-state index in [9.17, 15) is 0 Å². The van der Waals surface area contributed by atoms with Gasteiger partial charge in [-0.05, 0) is 115 Å². The van der Waals surface area contributed by atoms with Gasteiger partial charge in [-0.3, -0.25) is 0 Å². The third kappa shape index (κ3) is 3.93. The van der Waals surface area contributed by atoms with E-state index in [1.807, 2.05) is 11.9 Å². The fourth-order valence-electron chi connectivity index (χ4n) is 7.93. The lowest BCUT2D eigenvalue weighted by molar-refractivity contribution is 0.136. The molecule has 1 N–H and O–H groups in total.